The van der Waals surface area contributed by atoms with Crippen LogP contribution in [0.1, 0.15) is 18.1 Å². The number of rotatable bonds is 6. The highest BCUT2D eigenvalue weighted by molar-refractivity contribution is 7.92. The lowest BCUT2D eigenvalue weighted by Crippen LogP contribution is -2.18. The summed E-state index contributed by atoms with van der Waals surface area (Å²) >= 11 is 0. The van der Waals surface area contributed by atoms with Crippen molar-refractivity contribution in [1.82, 2.24) is 15.5 Å². The van der Waals surface area contributed by atoms with Crippen LogP contribution in [0.15, 0.2) is 29.4 Å². The van der Waals surface area contributed by atoms with Gasteiger partial charge in [-0.25, -0.2) is 4.39 Å². The molecular formula is C13H17FN4O2S. The molecule has 0 saturated heterocycles. The van der Waals surface area contributed by atoms with Crippen LogP contribution in [0.5, 0.6) is 0 Å². The average Bonchev–Trinajstić information content (AvgIpc) is 2.83. The van der Waals surface area contributed by atoms with Gasteiger partial charge >= 0.3 is 0 Å². The Morgan fingerprint density at radius 1 is 1.33 bits per heavy atom. The number of nitrogens with zero attached hydrogens (tertiary/aromatic N) is 1. The van der Waals surface area contributed by atoms with Crippen molar-refractivity contribution in [2.45, 2.75) is 25.4 Å². The molecular weight excluding hydrogens is 295 g/mol. The van der Waals surface area contributed by atoms with E-state index >= 15 is 0 Å². The number of nitrogens with one attached hydrogen (secondary N) is 3. The van der Waals surface area contributed by atoms with Gasteiger partial charge < -0.3 is 5.32 Å². The number of H-pyrrole nitrogens is 1. The summed E-state index contributed by atoms with van der Waals surface area (Å²) in [6.45, 7) is 4.70. The number of sulfonamides is 1. The highest BCUT2D eigenvalue weighted by Crippen LogP contribution is 2.19. The molecule has 1 heterocycles. The molecule has 1 aromatic heterocycles. The van der Waals surface area contributed by atoms with Gasteiger partial charge in [0.15, 0.2) is 5.03 Å². The highest BCUT2D eigenvalue weighted by Gasteiger charge is 2.21. The van der Waals surface area contributed by atoms with E-state index in [0.717, 1.165) is 6.07 Å². The summed E-state index contributed by atoms with van der Waals surface area (Å²) in [6.07, 6.45) is 1.45. The van der Waals surface area contributed by atoms with Crippen LogP contribution in [0.4, 0.5) is 10.1 Å². The molecule has 3 N–H and O–H groups in total. The lowest BCUT2D eigenvalue weighted by molar-refractivity contribution is 0.594. The molecule has 0 atom stereocenters. The Kier molecular flexibility index (Phi) is 4.59. The molecule has 0 radical (unpaired) electrons. The minimum Gasteiger partial charge on any atom is -0.313 e. The standard InChI is InChI=1S/C13H17FN4O2S/c1-3-15-7-10-8-16-17-13(10)21(19,20)18-12-5-9(2)4-11(14)6-12/h4-6,8,15,18H,3,7H2,1-2H3,(H,16,17). The number of aromatic nitrogens is 2. The Hall–Kier alpha value is -1.93. The molecule has 0 spiro atoms. The van der Waals surface area contributed by atoms with Crippen molar-refractivity contribution >= 4 is 15.7 Å². The van der Waals surface area contributed by atoms with E-state index in [9.17, 15) is 12.8 Å². The Bertz CT molecular complexity index is 707. The van der Waals surface area contributed by atoms with Crippen molar-refractivity contribution in [3.05, 3.63) is 41.3 Å². The van der Waals surface area contributed by atoms with Crippen molar-refractivity contribution in [2.24, 2.45) is 0 Å². The number of aryl methyl sites for hydroxylation is 1. The van der Waals surface area contributed by atoms with Crippen molar-refractivity contribution < 1.29 is 12.8 Å². The number of aromatic amines is 1. The Morgan fingerprint density at radius 2 is 2.10 bits per heavy atom. The van der Waals surface area contributed by atoms with Gasteiger partial charge in [0.2, 0.25) is 0 Å². The summed E-state index contributed by atoms with van der Waals surface area (Å²) in [4.78, 5) is 0. The normalized spacial score (nSPS) is 11.6. The average molecular weight is 312 g/mol. The molecule has 8 heteroatoms. The topological polar surface area (TPSA) is 86.9 Å². The lowest BCUT2D eigenvalue weighted by atomic mass is 10.2. The van der Waals surface area contributed by atoms with E-state index in [1.54, 1.807) is 13.0 Å². The molecule has 114 valence electrons. The fourth-order valence-corrected chi connectivity index (χ4v) is 3.09. The minimum absolute atomic E-state index is 0.0228. The first-order valence-electron chi connectivity index (χ1n) is 6.45. The molecule has 1 aromatic carbocycles. The molecule has 0 unspecified atom stereocenters. The summed E-state index contributed by atoms with van der Waals surface area (Å²) in [5, 5.41) is 9.24. The molecule has 0 amide bonds. The fourth-order valence-electron chi connectivity index (χ4n) is 1.92. The van der Waals surface area contributed by atoms with Gasteiger partial charge in [-0.1, -0.05) is 6.92 Å². The predicted octanol–water partition coefficient (Wildman–Crippen LogP) is 1.77. The summed E-state index contributed by atoms with van der Waals surface area (Å²) in [7, 11) is -3.84. The van der Waals surface area contributed by atoms with Gasteiger partial charge in [-0.15, -0.1) is 0 Å². The second-order valence-corrected chi connectivity index (χ2v) is 6.25. The maximum absolute atomic E-state index is 13.3. The molecule has 0 bridgehead atoms. The van der Waals surface area contributed by atoms with E-state index in [0.29, 0.717) is 24.2 Å². The van der Waals surface area contributed by atoms with Crippen molar-refractivity contribution in [3.63, 3.8) is 0 Å². The van der Waals surface area contributed by atoms with Crippen LogP contribution in [0.3, 0.4) is 0 Å². The smallest absolute Gasteiger partial charge is 0.279 e. The minimum atomic E-state index is -3.84. The van der Waals surface area contributed by atoms with Crippen LogP contribution in [0, 0.1) is 12.7 Å². The molecule has 6 nitrogen and oxygen atoms in total. The third-order valence-corrected chi connectivity index (χ3v) is 4.20. The number of benzene rings is 1. The van der Waals surface area contributed by atoms with Gasteiger partial charge in [0.25, 0.3) is 10.0 Å². The molecule has 2 aromatic rings. The monoisotopic (exact) mass is 312 g/mol. The summed E-state index contributed by atoms with van der Waals surface area (Å²) in [6, 6.07) is 4.01. The van der Waals surface area contributed by atoms with E-state index in [2.05, 4.69) is 20.2 Å². The lowest BCUT2D eigenvalue weighted by Gasteiger charge is -2.09. The zero-order valence-electron chi connectivity index (χ0n) is 11.8. The maximum atomic E-state index is 13.3. The Labute approximate surface area is 122 Å². The highest BCUT2D eigenvalue weighted by atomic mass is 32.2. The quantitative estimate of drug-likeness (QED) is 0.758. The first kappa shape index (κ1) is 15.5. The second kappa shape index (κ2) is 6.23. The van der Waals surface area contributed by atoms with Gasteiger partial charge in [0, 0.05) is 12.1 Å². The third kappa shape index (κ3) is 3.79. The fraction of sp³-hybridized carbons (Fsp3) is 0.308. The predicted molar refractivity (Wildman–Crippen MR) is 77.9 cm³/mol. The first-order valence-corrected chi connectivity index (χ1v) is 7.93. The zero-order valence-corrected chi connectivity index (χ0v) is 12.6. The van der Waals surface area contributed by atoms with Gasteiger partial charge in [-0.3, -0.25) is 9.82 Å². The van der Waals surface area contributed by atoms with Gasteiger partial charge in [0.05, 0.1) is 11.9 Å². The van der Waals surface area contributed by atoms with Crippen LogP contribution < -0.4 is 10.0 Å². The van der Waals surface area contributed by atoms with Crippen molar-refractivity contribution in [2.75, 3.05) is 11.3 Å². The molecule has 0 aliphatic carbocycles. The number of halogens is 1. The molecule has 0 saturated carbocycles. The molecule has 0 fully saturated rings. The van der Waals surface area contributed by atoms with E-state index in [1.807, 2.05) is 6.92 Å². The van der Waals surface area contributed by atoms with Gasteiger partial charge in [-0.05, 0) is 37.2 Å². The van der Waals surface area contributed by atoms with Crippen LogP contribution in [-0.4, -0.2) is 25.2 Å². The maximum Gasteiger partial charge on any atom is 0.279 e. The largest absolute Gasteiger partial charge is 0.313 e. The molecule has 0 aliphatic rings. The van der Waals surface area contributed by atoms with Crippen LogP contribution in [0.2, 0.25) is 0 Å². The molecule has 21 heavy (non-hydrogen) atoms. The number of hydrogen-bond donors (Lipinski definition) is 3. The van der Waals surface area contributed by atoms with E-state index in [1.165, 1.54) is 12.3 Å². The number of hydrogen-bond acceptors (Lipinski definition) is 4. The van der Waals surface area contributed by atoms with Gasteiger partial charge in [-0.2, -0.15) is 13.5 Å². The van der Waals surface area contributed by atoms with Crippen molar-refractivity contribution in [1.29, 1.82) is 0 Å². The Morgan fingerprint density at radius 3 is 2.76 bits per heavy atom. The van der Waals surface area contributed by atoms with Crippen molar-refractivity contribution in [3.8, 4) is 0 Å². The third-order valence-electron chi connectivity index (χ3n) is 2.81. The zero-order chi connectivity index (χ0) is 15.5. The van der Waals surface area contributed by atoms with Crippen LogP contribution in [-0.2, 0) is 16.6 Å². The SMILES string of the molecule is CCNCc1cn[nH]c1S(=O)(=O)Nc1cc(C)cc(F)c1. The van der Waals surface area contributed by atoms with Crippen LogP contribution in [0.25, 0.3) is 0 Å². The molecule has 2 rings (SSSR count). The molecule has 0 aliphatic heterocycles. The van der Waals surface area contributed by atoms with E-state index in [-0.39, 0.29) is 10.7 Å². The summed E-state index contributed by atoms with van der Waals surface area (Å²) in [5.74, 6) is -0.495. The number of anilines is 1. The van der Waals surface area contributed by atoms with E-state index < -0.39 is 15.8 Å². The second-order valence-electron chi connectivity index (χ2n) is 4.63. The summed E-state index contributed by atoms with van der Waals surface area (Å²) in [5.41, 5.74) is 1.33. The van der Waals surface area contributed by atoms with E-state index in [4.69, 9.17) is 0 Å². The first-order chi connectivity index (χ1) is 9.92. The van der Waals surface area contributed by atoms with Crippen LogP contribution >= 0.6 is 0 Å². The Balaban J connectivity index is 2.28. The van der Waals surface area contributed by atoms with Gasteiger partial charge in [0.1, 0.15) is 5.82 Å². The summed E-state index contributed by atoms with van der Waals surface area (Å²) < 4.78 is 40.4.